The molecule has 1 atom stereocenters. The average molecular weight is 282 g/mol. The highest BCUT2D eigenvalue weighted by molar-refractivity contribution is 5.83. The number of carbonyl (C=O) groups is 1. The van der Waals surface area contributed by atoms with Gasteiger partial charge in [-0.05, 0) is 34.6 Å². The Bertz CT molecular complexity index is 463. The molecule has 4 N–H and O–H groups in total. The highest BCUT2D eigenvalue weighted by Crippen LogP contribution is 2.11. The zero-order chi connectivity index (χ0) is 15.3. The van der Waals surface area contributed by atoms with Crippen LogP contribution in [0.4, 0.5) is 11.9 Å². The Morgan fingerprint density at radius 2 is 1.80 bits per heavy atom. The summed E-state index contributed by atoms with van der Waals surface area (Å²) in [6.45, 7) is 9.19. The van der Waals surface area contributed by atoms with Gasteiger partial charge in [0.25, 0.3) is 0 Å². The van der Waals surface area contributed by atoms with E-state index in [0.717, 1.165) is 0 Å². The molecule has 8 nitrogen and oxygen atoms in total. The molecule has 1 aromatic rings. The average Bonchev–Trinajstić information content (AvgIpc) is 2.25. The van der Waals surface area contributed by atoms with Crippen LogP contribution in [0.3, 0.4) is 0 Å². The standard InChI is InChI=1S/C12H22N6O2/c1-6(2)14-9(19)8(5)15-11-16-10(13)17-12(18-11)20-7(3)4/h6-8H,1-5H3,(H,14,19)(H3,13,15,16,17,18). The lowest BCUT2D eigenvalue weighted by Crippen LogP contribution is -2.41. The van der Waals surface area contributed by atoms with Gasteiger partial charge >= 0.3 is 6.01 Å². The van der Waals surface area contributed by atoms with E-state index >= 15 is 0 Å². The molecule has 0 fully saturated rings. The second kappa shape index (κ2) is 6.88. The van der Waals surface area contributed by atoms with Crippen LogP contribution in [0.5, 0.6) is 6.01 Å². The first kappa shape index (κ1) is 15.9. The lowest BCUT2D eigenvalue weighted by Gasteiger charge is -2.16. The molecule has 0 saturated carbocycles. The van der Waals surface area contributed by atoms with Gasteiger partial charge < -0.3 is 21.1 Å². The number of rotatable bonds is 6. The van der Waals surface area contributed by atoms with Gasteiger partial charge in [0.1, 0.15) is 6.04 Å². The number of nitrogens with zero attached hydrogens (tertiary/aromatic N) is 3. The second-order valence-corrected chi connectivity index (χ2v) is 5.00. The largest absolute Gasteiger partial charge is 0.461 e. The predicted molar refractivity (Wildman–Crippen MR) is 76.4 cm³/mol. The first-order chi connectivity index (χ1) is 9.27. The Kier molecular flexibility index (Phi) is 5.48. The van der Waals surface area contributed by atoms with E-state index in [0.29, 0.717) is 0 Å². The number of nitrogens with one attached hydrogen (secondary N) is 2. The Morgan fingerprint density at radius 3 is 2.35 bits per heavy atom. The molecule has 1 heterocycles. The van der Waals surface area contributed by atoms with E-state index < -0.39 is 6.04 Å². The molecule has 0 radical (unpaired) electrons. The van der Waals surface area contributed by atoms with Crippen molar-refractivity contribution in [1.29, 1.82) is 0 Å². The van der Waals surface area contributed by atoms with Crippen LogP contribution in [-0.2, 0) is 4.79 Å². The van der Waals surface area contributed by atoms with Crippen molar-refractivity contribution in [3.63, 3.8) is 0 Å². The summed E-state index contributed by atoms with van der Waals surface area (Å²) in [4.78, 5) is 23.7. The molecule has 0 aliphatic rings. The Balaban J connectivity index is 2.76. The second-order valence-electron chi connectivity index (χ2n) is 5.00. The van der Waals surface area contributed by atoms with Gasteiger partial charge in [0.2, 0.25) is 17.8 Å². The number of hydrogen-bond donors (Lipinski definition) is 3. The summed E-state index contributed by atoms with van der Waals surface area (Å²) in [7, 11) is 0. The summed E-state index contributed by atoms with van der Waals surface area (Å²) in [5, 5.41) is 5.66. The number of amides is 1. The maximum absolute atomic E-state index is 11.8. The van der Waals surface area contributed by atoms with Gasteiger partial charge in [0.15, 0.2) is 0 Å². The van der Waals surface area contributed by atoms with Crippen molar-refractivity contribution in [2.24, 2.45) is 0 Å². The van der Waals surface area contributed by atoms with Crippen LogP contribution in [0.15, 0.2) is 0 Å². The summed E-state index contributed by atoms with van der Waals surface area (Å²) in [5.41, 5.74) is 5.58. The van der Waals surface area contributed by atoms with Crippen molar-refractivity contribution in [2.45, 2.75) is 52.8 Å². The number of carbonyl (C=O) groups excluding carboxylic acids is 1. The van der Waals surface area contributed by atoms with Gasteiger partial charge in [-0.1, -0.05) is 0 Å². The third-order valence-corrected chi connectivity index (χ3v) is 2.14. The van der Waals surface area contributed by atoms with Crippen LogP contribution in [0.25, 0.3) is 0 Å². The third kappa shape index (κ3) is 5.25. The molecule has 112 valence electrons. The molecule has 8 heteroatoms. The molecule has 0 bridgehead atoms. The number of hydrogen-bond acceptors (Lipinski definition) is 7. The minimum Gasteiger partial charge on any atom is -0.461 e. The van der Waals surface area contributed by atoms with Gasteiger partial charge in [-0.3, -0.25) is 4.79 Å². The minimum atomic E-state index is -0.494. The zero-order valence-electron chi connectivity index (χ0n) is 12.5. The molecule has 0 aliphatic carbocycles. The SMILES string of the molecule is CC(C)NC(=O)C(C)Nc1nc(N)nc(OC(C)C)n1. The van der Waals surface area contributed by atoms with Crippen LogP contribution >= 0.6 is 0 Å². The number of ether oxygens (including phenoxy) is 1. The summed E-state index contributed by atoms with van der Waals surface area (Å²) < 4.78 is 5.36. The topological polar surface area (TPSA) is 115 Å². The molecule has 1 amide bonds. The lowest BCUT2D eigenvalue weighted by molar-refractivity contribution is -0.122. The summed E-state index contributed by atoms with van der Waals surface area (Å²) >= 11 is 0. The number of nitrogens with two attached hydrogens (primary N) is 1. The molecule has 0 spiro atoms. The van der Waals surface area contributed by atoms with Gasteiger partial charge in [0.05, 0.1) is 6.10 Å². The van der Waals surface area contributed by atoms with Gasteiger partial charge in [-0.15, -0.1) is 0 Å². The number of nitrogen functional groups attached to an aromatic ring is 1. The van der Waals surface area contributed by atoms with E-state index in [1.807, 2.05) is 27.7 Å². The molecular weight excluding hydrogens is 260 g/mol. The van der Waals surface area contributed by atoms with Crippen LogP contribution in [0, 0.1) is 0 Å². The Labute approximate surface area is 118 Å². The predicted octanol–water partition coefficient (Wildman–Crippen LogP) is 0.566. The maximum Gasteiger partial charge on any atom is 0.323 e. The van der Waals surface area contributed by atoms with Gasteiger partial charge in [-0.25, -0.2) is 0 Å². The summed E-state index contributed by atoms with van der Waals surface area (Å²) in [5.74, 6) is 0.0967. The van der Waals surface area contributed by atoms with Gasteiger partial charge in [-0.2, -0.15) is 15.0 Å². The molecular formula is C12H22N6O2. The van der Waals surface area contributed by atoms with Crippen LogP contribution < -0.4 is 21.1 Å². The zero-order valence-corrected chi connectivity index (χ0v) is 12.5. The highest BCUT2D eigenvalue weighted by atomic mass is 16.5. The van der Waals surface area contributed by atoms with Crippen molar-refractivity contribution >= 4 is 17.8 Å². The molecule has 0 saturated heterocycles. The van der Waals surface area contributed by atoms with Crippen molar-refractivity contribution in [2.75, 3.05) is 11.1 Å². The molecule has 0 aliphatic heterocycles. The van der Waals surface area contributed by atoms with Crippen LogP contribution in [0.2, 0.25) is 0 Å². The molecule has 20 heavy (non-hydrogen) atoms. The molecule has 1 unspecified atom stereocenters. The van der Waals surface area contributed by atoms with E-state index in [2.05, 4.69) is 25.6 Å². The van der Waals surface area contributed by atoms with Gasteiger partial charge in [0, 0.05) is 6.04 Å². The van der Waals surface area contributed by atoms with Crippen molar-refractivity contribution in [1.82, 2.24) is 20.3 Å². The summed E-state index contributed by atoms with van der Waals surface area (Å²) in [6, 6.07) is -0.299. The highest BCUT2D eigenvalue weighted by Gasteiger charge is 2.16. The number of anilines is 2. The Hall–Kier alpha value is -2.12. The van der Waals surface area contributed by atoms with Crippen LogP contribution in [-0.4, -0.2) is 39.0 Å². The fraction of sp³-hybridized carbons (Fsp3) is 0.667. The van der Waals surface area contributed by atoms with E-state index in [1.165, 1.54) is 0 Å². The molecule has 1 aromatic heterocycles. The van der Waals surface area contributed by atoms with Crippen molar-refractivity contribution in [3.8, 4) is 6.01 Å². The number of aromatic nitrogens is 3. The van der Waals surface area contributed by atoms with E-state index in [-0.39, 0.29) is 36.0 Å². The monoisotopic (exact) mass is 282 g/mol. The van der Waals surface area contributed by atoms with Crippen molar-refractivity contribution in [3.05, 3.63) is 0 Å². The van der Waals surface area contributed by atoms with E-state index in [1.54, 1.807) is 6.92 Å². The first-order valence-electron chi connectivity index (χ1n) is 6.53. The van der Waals surface area contributed by atoms with E-state index in [9.17, 15) is 4.79 Å². The Morgan fingerprint density at radius 1 is 1.15 bits per heavy atom. The van der Waals surface area contributed by atoms with Crippen LogP contribution in [0.1, 0.15) is 34.6 Å². The third-order valence-electron chi connectivity index (χ3n) is 2.14. The summed E-state index contributed by atoms with van der Waals surface area (Å²) in [6.07, 6.45) is -0.0775. The normalized spacial score (nSPS) is 12.3. The molecule has 1 rings (SSSR count). The minimum absolute atomic E-state index is 0.0367. The van der Waals surface area contributed by atoms with E-state index in [4.69, 9.17) is 10.5 Å². The van der Waals surface area contributed by atoms with Crippen molar-refractivity contribution < 1.29 is 9.53 Å². The quantitative estimate of drug-likeness (QED) is 0.698. The maximum atomic E-state index is 11.8. The lowest BCUT2D eigenvalue weighted by atomic mass is 10.3. The fourth-order valence-electron chi connectivity index (χ4n) is 1.37. The fourth-order valence-corrected chi connectivity index (χ4v) is 1.37. The molecule has 0 aromatic carbocycles. The smallest absolute Gasteiger partial charge is 0.323 e. The first-order valence-corrected chi connectivity index (χ1v) is 6.53.